The minimum atomic E-state index is -0.140. The molecule has 1 aromatic carbocycles. The first-order valence-corrected chi connectivity index (χ1v) is 8.98. The Labute approximate surface area is 151 Å². The lowest BCUT2D eigenvalue weighted by Gasteiger charge is -2.10. The summed E-state index contributed by atoms with van der Waals surface area (Å²) >= 11 is 0. The van der Waals surface area contributed by atoms with Crippen LogP contribution in [0.5, 0.6) is 0 Å². The standard InChI is InChI=1S/C20H23N3O3/c1-2-3-4-5-13-10-15-19(12-17(13)24)26-18-7-6-14(11-16(18)23-15)22-20(25)8-9-21/h6-7,10-12H,2-5,8-9,21H2,1H3,(H,22,25). The van der Waals surface area contributed by atoms with Crippen LogP contribution < -0.4 is 16.5 Å². The van der Waals surface area contributed by atoms with E-state index >= 15 is 0 Å². The SMILES string of the molecule is CCCCCc1cc2nc3cc(NC(=O)CCN)ccc3oc-2cc1=O. The molecule has 0 saturated heterocycles. The molecule has 1 amide bonds. The molecule has 1 heterocycles. The van der Waals surface area contributed by atoms with E-state index in [0.717, 1.165) is 31.2 Å². The summed E-state index contributed by atoms with van der Waals surface area (Å²) in [6, 6.07) is 8.56. The Balaban J connectivity index is 1.95. The molecule has 0 fully saturated rings. The van der Waals surface area contributed by atoms with Gasteiger partial charge >= 0.3 is 0 Å². The monoisotopic (exact) mass is 353 g/mol. The van der Waals surface area contributed by atoms with Gasteiger partial charge in [0.2, 0.25) is 5.91 Å². The van der Waals surface area contributed by atoms with Crippen LogP contribution in [-0.2, 0) is 11.2 Å². The molecule has 0 bridgehead atoms. The number of fused-ring (bicyclic) bond motifs is 2. The van der Waals surface area contributed by atoms with Crippen molar-refractivity contribution in [2.24, 2.45) is 5.73 Å². The lowest BCUT2D eigenvalue weighted by atomic mass is 10.0. The van der Waals surface area contributed by atoms with Crippen LogP contribution in [0.4, 0.5) is 5.69 Å². The average molecular weight is 353 g/mol. The third-order valence-corrected chi connectivity index (χ3v) is 4.27. The van der Waals surface area contributed by atoms with Crippen molar-refractivity contribution in [2.75, 3.05) is 11.9 Å². The highest BCUT2D eigenvalue weighted by molar-refractivity contribution is 5.93. The van der Waals surface area contributed by atoms with Crippen molar-refractivity contribution in [3.63, 3.8) is 0 Å². The first-order valence-electron chi connectivity index (χ1n) is 8.98. The molecule has 1 aromatic rings. The summed E-state index contributed by atoms with van der Waals surface area (Å²) in [5.74, 6) is 0.334. The predicted molar refractivity (Wildman–Crippen MR) is 102 cm³/mol. The Bertz CT molecular complexity index is 949. The van der Waals surface area contributed by atoms with Gasteiger partial charge < -0.3 is 15.5 Å². The Morgan fingerprint density at radius 3 is 2.85 bits per heavy atom. The summed E-state index contributed by atoms with van der Waals surface area (Å²) in [5.41, 5.74) is 8.62. The van der Waals surface area contributed by atoms with Gasteiger partial charge in [-0.05, 0) is 37.1 Å². The molecule has 3 rings (SSSR count). The summed E-state index contributed by atoms with van der Waals surface area (Å²) in [6.07, 6.45) is 4.20. The fourth-order valence-electron chi connectivity index (χ4n) is 2.89. The number of rotatable bonds is 7. The lowest BCUT2D eigenvalue weighted by Crippen LogP contribution is -2.16. The van der Waals surface area contributed by atoms with E-state index in [1.807, 2.05) is 6.07 Å². The molecular formula is C20H23N3O3. The second-order valence-corrected chi connectivity index (χ2v) is 6.37. The van der Waals surface area contributed by atoms with Gasteiger partial charge in [-0.1, -0.05) is 19.8 Å². The fourth-order valence-corrected chi connectivity index (χ4v) is 2.89. The topological polar surface area (TPSA) is 98.2 Å². The van der Waals surface area contributed by atoms with Crippen molar-refractivity contribution in [3.05, 3.63) is 46.1 Å². The van der Waals surface area contributed by atoms with E-state index in [9.17, 15) is 9.59 Å². The van der Waals surface area contributed by atoms with Crippen molar-refractivity contribution >= 4 is 22.7 Å². The lowest BCUT2D eigenvalue weighted by molar-refractivity contribution is -0.116. The third-order valence-electron chi connectivity index (χ3n) is 4.27. The van der Waals surface area contributed by atoms with Crippen LogP contribution >= 0.6 is 0 Å². The van der Waals surface area contributed by atoms with Gasteiger partial charge in [-0.15, -0.1) is 0 Å². The van der Waals surface area contributed by atoms with Gasteiger partial charge in [0, 0.05) is 30.3 Å². The molecule has 0 atom stereocenters. The molecule has 6 nitrogen and oxygen atoms in total. The van der Waals surface area contributed by atoms with Crippen molar-refractivity contribution in [1.82, 2.24) is 4.98 Å². The quantitative estimate of drug-likeness (QED) is 0.501. The number of unbranched alkanes of at least 4 members (excludes halogenated alkanes) is 2. The van der Waals surface area contributed by atoms with Crippen LogP contribution in [0.25, 0.3) is 22.6 Å². The normalized spacial score (nSPS) is 11.2. The molecule has 26 heavy (non-hydrogen) atoms. The molecule has 0 unspecified atom stereocenters. The number of aryl methyl sites for hydroxylation is 1. The number of aromatic nitrogens is 1. The number of hydrogen-bond acceptors (Lipinski definition) is 5. The maximum atomic E-state index is 12.3. The van der Waals surface area contributed by atoms with E-state index in [1.54, 1.807) is 18.2 Å². The molecule has 136 valence electrons. The van der Waals surface area contributed by atoms with Crippen LogP contribution in [-0.4, -0.2) is 17.4 Å². The van der Waals surface area contributed by atoms with Crippen LogP contribution in [0.15, 0.2) is 39.5 Å². The average Bonchev–Trinajstić information content (AvgIpc) is 2.61. The van der Waals surface area contributed by atoms with Gasteiger partial charge in [0.15, 0.2) is 16.8 Å². The minimum absolute atomic E-state index is 0.0100. The Kier molecular flexibility index (Phi) is 5.63. The van der Waals surface area contributed by atoms with Crippen LogP contribution in [0, 0.1) is 0 Å². The number of carbonyl (C=O) groups is 1. The highest BCUT2D eigenvalue weighted by Crippen LogP contribution is 2.26. The maximum absolute atomic E-state index is 12.3. The smallest absolute Gasteiger partial charge is 0.225 e. The second-order valence-electron chi connectivity index (χ2n) is 6.37. The first-order chi connectivity index (χ1) is 12.6. The summed E-state index contributed by atoms with van der Waals surface area (Å²) < 4.78 is 5.82. The number of anilines is 1. The highest BCUT2D eigenvalue weighted by Gasteiger charge is 2.13. The maximum Gasteiger partial charge on any atom is 0.225 e. The minimum Gasteiger partial charge on any atom is -0.453 e. The second kappa shape index (κ2) is 8.10. The number of carbonyl (C=O) groups excluding carboxylic acids is 1. The largest absolute Gasteiger partial charge is 0.453 e. The van der Waals surface area contributed by atoms with E-state index in [0.29, 0.717) is 34.8 Å². The van der Waals surface area contributed by atoms with Crippen LogP contribution in [0.1, 0.15) is 38.2 Å². The molecule has 0 spiro atoms. The molecule has 1 aliphatic heterocycles. The molecular weight excluding hydrogens is 330 g/mol. The number of nitrogens with zero attached hydrogens (tertiary/aromatic N) is 1. The zero-order chi connectivity index (χ0) is 18.5. The zero-order valence-electron chi connectivity index (χ0n) is 14.9. The number of amides is 1. The van der Waals surface area contributed by atoms with Crippen molar-refractivity contribution in [3.8, 4) is 11.5 Å². The fraction of sp³-hybridized carbons (Fsp3) is 0.350. The van der Waals surface area contributed by atoms with Gasteiger partial charge in [-0.3, -0.25) is 9.59 Å². The van der Waals surface area contributed by atoms with Crippen LogP contribution in [0.3, 0.4) is 0 Å². The molecule has 6 heteroatoms. The summed E-state index contributed by atoms with van der Waals surface area (Å²) in [6.45, 7) is 2.44. The van der Waals surface area contributed by atoms with Crippen molar-refractivity contribution in [1.29, 1.82) is 0 Å². The van der Waals surface area contributed by atoms with Crippen LogP contribution in [0.2, 0.25) is 0 Å². The van der Waals surface area contributed by atoms with Crippen molar-refractivity contribution in [2.45, 2.75) is 39.0 Å². The molecule has 2 aliphatic rings. The van der Waals surface area contributed by atoms with E-state index in [-0.39, 0.29) is 17.8 Å². The Morgan fingerprint density at radius 2 is 2.08 bits per heavy atom. The highest BCUT2D eigenvalue weighted by atomic mass is 16.3. The molecule has 0 saturated carbocycles. The van der Waals surface area contributed by atoms with E-state index in [4.69, 9.17) is 10.2 Å². The molecule has 0 radical (unpaired) electrons. The zero-order valence-corrected chi connectivity index (χ0v) is 14.9. The number of hydrogen-bond donors (Lipinski definition) is 2. The van der Waals surface area contributed by atoms with E-state index in [1.165, 1.54) is 6.07 Å². The molecule has 0 aromatic heterocycles. The van der Waals surface area contributed by atoms with E-state index in [2.05, 4.69) is 17.2 Å². The van der Waals surface area contributed by atoms with Gasteiger partial charge in [0.1, 0.15) is 11.2 Å². The molecule has 1 aliphatic carbocycles. The molecule has 3 N–H and O–H groups in total. The summed E-state index contributed by atoms with van der Waals surface area (Å²) in [5, 5.41) is 2.79. The van der Waals surface area contributed by atoms with Gasteiger partial charge in [0.05, 0.1) is 0 Å². The van der Waals surface area contributed by atoms with Gasteiger partial charge in [-0.2, -0.15) is 0 Å². The van der Waals surface area contributed by atoms with E-state index < -0.39 is 0 Å². The number of nitrogens with two attached hydrogens (primary N) is 1. The summed E-state index contributed by atoms with van der Waals surface area (Å²) in [4.78, 5) is 28.6. The number of benzene rings is 2. The van der Waals surface area contributed by atoms with Gasteiger partial charge in [-0.25, -0.2) is 4.98 Å². The third kappa shape index (κ3) is 4.08. The first kappa shape index (κ1) is 18.1. The Morgan fingerprint density at radius 1 is 1.23 bits per heavy atom. The van der Waals surface area contributed by atoms with Gasteiger partial charge in [0.25, 0.3) is 0 Å². The number of nitrogens with one attached hydrogen (secondary N) is 1. The predicted octanol–water partition coefficient (Wildman–Crippen LogP) is 3.31. The summed E-state index contributed by atoms with van der Waals surface area (Å²) in [7, 11) is 0. The Hall–Kier alpha value is -2.73. The van der Waals surface area contributed by atoms with Crippen molar-refractivity contribution < 1.29 is 9.21 Å².